The molecule has 1 atom stereocenters. The molecule has 2 heterocycles. The molecule has 0 fully saturated rings. The van der Waals surface area contributed by atoms with Crippen LogP contribution in [0.5, 0.6) is 0 Å². The molecule has 0 aromatic carbocycles. The van der Waals surface area contributed by atoms with Crippen molar-refractivity contribution in [2.45, 2.75) is 39.5 Å². The van der Waals surface area contributed by atoms with Gasteiger partial charge in [0.15, 0.2) is 0 Å². The number of hydrogen-bond donors (Lipinski definition) is 1. The van der Waals surface area contributed by atoms with Gasteiger partial charge in [0.2, 0.25) is 0 Å². The second-order valence-corrected chi connectivity index (χ2v) is 4.84. The van der Waals surface area contributed by atoms with E-state index in [1.54, 1.807) is 13.4 Å². The van der Waals surface area contributed by atoms with Gasteiger partial charge in [0.1, 0.15) is 18.0 Å². The molecule has 7 heteroatoms. The van der Waals surface area contributed by atoms with Gasteiger partial charge in [-0.2, -0.15) is 0 Å². The second-order valence-electron chi connectivity index (χ2n) is 4.84. The van der Waals surface area contributed by atoms with E-state index in [4.69, 9.17) is 4.74 Å². The predicted molar refractivity (Wildman–Crippen MR) is 75.2 cm³/mol. The lowest BCUT2D eigenvalue weighted by molar-refractivity contribution is 0.186. The Morgan fingerprint density at radius 3 is 2.95 bits per heavy atom. The molecule has 20 heavy (non-hydrogen) atoms. The number of aryl methyl sites for hydroxylation is 1. The highest BCUT2D eigenvalue weighted by Gasteiger charge is 2.08. The van der Waals surface area contributed by atoms with Gasteiger partial charge in [-0.15, -0.1) is 10.2 Å². The fourth-order valence-electron chi connectivity index (χ4n) is 2.01. The van der Waals surface area contributed by atoms with Crippen molar-refractivity contribution in [2.24, 2.45) is 0 Å². The molecule has 2 rings (SSSR count). The number of aromatic nitrogens is 5. The van der Waals surface area contributed by atoms with Crippen LogP contribution in [0.15, 0.2) is 18.7 Å². The summed E-state index contributed by atoms with van der Waals surface area (Å²) in [6.45, 7) is 7.17. The lowest BCUT2D eigenvalue weighted by Gasteiger charge is -2.15. The van der Waals surface area contributed by atoms with Crippen LogP contribution in [0.25, 0.3) is 0 Å². The summed E-state index contributed by atoms with van der Waals surface area (Å²) in [5.74, 6) is 1.96. The summed E-state index contributed by atoms with van der Waals surface area (Å²) < 4.78 is 9.21. The molecule has 2 aromatic heterocycles. The lowest BCUT2D eigenvalue weighted by atomic mass is 10.3. The van der Waals surface area contributed by atoms with E-state index in [9.17, 15) is 0 Å². The summed E-state index contributed by atoms with van der Waals surface area (Å²) in [4.78, 5) is 4.22. The molecule has 0 aliphatic heterocycles. The van der Waals surface area contributed by atoms with Crippen LogP contribution in [0.1, 0.15) is 18.6 Å². The third-order valence-corrected chi connectivity index (χ3v) is 3.23. The molecular formula is C13H22N6O. The maximum absolute atomic E-state index is 5.07. The van der Waals surface area contributed by atoms with Crippen LogP contribution in [0.3, 0.4) is 0 Å². The van der Waals surface area contributed by atoms with E-state index in [0.29, 0.717) is 19.2 Å². The summed E-state index contributed by atoms with van der Waals surface area (Å²) in [7, 11) is 1.69. The molecular weight excluding hydrogens is 256 g/mol. The van der Waals surface area contributed by atoms with Crippen molar-refractivity contribution in [3.8, 4) is 0 Å². The van der Waals surface area contributed by atoms with E-state index in [-0.39, 0.29) is 0 Å². The molecule has 7 nitrogen and oxygen atoms in total. The largest absolute Gasteiger partial charge is 0.383 e. The molecule has 0 unspecified atom stereocenters. The average molecular weight is 278 g/mol. The molecule has 0 amide bonds. The van der Waals surface area contributed by atoms with Crippen LogP contribution in [0.4, 0.5) is 0 Å². The molecule has 0 saturated heterocycles. The van der Waals surface area contributed by atoms with E-state index < -0.39 is 0 Å². The standard InChI is InChI=1S/C13H22N6O/c1-11(9-18-5-4-14-12(18)2)15-8-13-17-16-10-19(13)6-7-20-3/h4-5,10-11,15H,6-9H2,1-3H3/t11-/m0/s1. The number of ether oxygens (including phenoxy) is 1. The number of imidazole rings is 1. The van der Waals surface area contributed by atoms with E-state index in [2.05, 4.69) is 32.0 Å². The van der Waals surface area contributed by atoms with Gasteiger partial charge >= 0.3 is 0 Å². The molecule has 0 saturated carbocycles. The number of nitrogens with zero attached hydrogens (tertiary/aromatic N) is 5. The Morgan fingerprint density at radius 2 is 2.25 bits per heavy atom. The van der Waals surface area contributed by atoms with Crippen LogP contribution in [-0.4, -0.2) is 44.1 Å². The van der Waals surface area contributed by atoms with Crippen LogP contribution in [-0.2, 0) is 24.4 Å². The predicted octanol–water partition coefficient (Wildman–Crippen LogP) is 0.608. The molecule has 0 aliphatic rings. The Kier molecular flexibility index (Phi) is 5.25. The number of nitrogens with one attached hydrogen (secondary N) is 1. The van der Waals surface area contributed by atoms with Gasteiger partial charge in [-0.3, -0.25) is 0 Å². The quantitative estimate of drug-likeness (QED) is 0.766. The first-order valence-corrected chi connectivity index (χ1v) is 6.77. The molecule has 0 aliphatic carbocycles. The Balaban J connectivity index is 1.82. The number of hydrogen-bond acceptors (Lipinski definition) is 5. The van der Waals surface area contributed by atoms with Crippen LogP contribution in [0, 0.1) is 6.92 Å². The normalized spacial score (nSPS) is 12.8. The van der Waals surface area contributed by atoms with Gasteiger partial charge in [0, 0.05) is 38.6 Å². The fraction of sp³-hybridized carbons (Fsp3) is 0.615. The van der Waals surface area contributed by atoms with Crippen LogP contribution in [0.2, 0.25) is 0 Å². The van der Waals surface area contributed by atoms with E-state index >= 15 is 0 Å². The Labute approximate surface area is 119 Å². The smallest absolute Gasteiger partial charge is 0.146 e. The van der Waals surface area contributed by atoms with Crippen molar-refractivity contribution in [2.75, 3.05) is 13.7 Å². The SMILES string of the molecule is COCCn1cnnc1CN[C@@H](C)Cn1ccnc1C. The van der Waals surface area contributed by atoms with Gasteiger partial charge in [0.05, 0.1) is 13.2 Å². The minimum absolute atomic E-state index is 0.329. The van der Waals surface area contributed by atoms with Crippen LogP contribution >= 0.6 is 0 Å². The summed E-state index contributed by atoms with van der Waals surface area (Å²) in [5.41, 5.74) is 0. The summed E-state index contributed by atoms with van der Waals surface area (Å²) in [6.07, 6.45) is 5.55. The highest BCUT2D eigenvalue weighted by molar-refractivity contribution is 4.90. The van der Waals surface area contributed by atoms with Crippen molar-refractivity contribution in [1.82, 2.24) is 29.6 Å². The maximum atomic E-state index is 5.07. The zero-order valence-corrected chi connectivity index (χ0v) is 12.3. The molecule has 0 bridgehead atoms. The molecule has 0 spiro atoms. The first kappa shape index (κ1) is 14.7. The average Bonchev–Trinajstić information content (AvgIpc) is 3.04. The molecule has 1 N–H and O–H groups in total. The monoisotopic (exact) mass is 278 g/mol. The summed E-state index contributed by atoms with van der Waals surface area (Å²) in [5, 5.41) is 11.5. The highest BCUT2D eigenvalue weighted by Crippen LogP contribution is 2.00. The van der Waals surface area contributed by atoms with Gasteiger partial charge in [-0.25, -0.2) is 4.98 Å². The van der Waals surface area contributed by atoms with Gasteiger partial charge < -0.3 is 19.2 Å². The zero-order valence-electron chi connectivity index (χ0n) is 12.3. The van der Waals surface area contributed by atoms with Crippen molar-refractivity contribution < 1.29 is 4.74 Å². The lowest BCUT2D eigenvalue weighted by Crippen LogP contribution is -2.31. The molecule has 2 aromatic rings. The third kappa shape index (κ3) is 3.88. The maximum Gasteiger partial charge on any atom is 0.146 e. The first-order valence-electron chi connectivity index (χ1n) is 6.77. The van der Waals surface area contributed by atoms with Crippen molar-refractivity contribution in [1.29, 1.82) is 0 Å². The zero-order chi connectivity index (χ0) is 14.4. The fourth-order valence-corrected chi connectivity index (χ4v) is 2.01. The minimum atomic E-state index is 0.329. The number of methoxy groups -OCH3 is 1. The van der Waals surface area contributed by atoms with Crippen molar-refractivity contribution in [3.63, 3.8) is 0 Å². The summed E-state index contributed by atoms with van der Waals surface area (Å²) in [6, 6.07) is 0.329. The summed E-state index contributed by atoms with van der Waals surface area (Å²) >= 11 is 0. The van der Waals surface area contributed by atoms with Crippen molar-refractivity contribution >= 4 is 0 Å². The third-order valence-electron chi connectivity index (χ3n) is 3.23. The highest BCUT2D eigenvalue weighted by atomic mass is 16.5. The molecule has 110 valence electrons. The van der Waals surface area contributed by atoms with Gasteiger partial charge in [-0.05, 0) is 13.8 Å². The Morgan fingerprint density at radius 1 is 1.40 bits per heavy atom. The van der Waals surface area contributed by atoms with Crippen molar-refractivity contribution in [3.05, 3.63) is 30.4 Å². The minimum Gasteiger partial charge on any atom is -0.383 e. The van der Waals surface area contributed by atoms with Gasteiger partial charge in [-0.1, -0.05) is 0 Å². The van der Waals surface area contributed by atoms with E-state index in [1.807, 2.05) is 23.9 Å². The van der Waals surface area contributed by atoms with Crippen LogP contribution < -0.4 is 5.32 Å². The van der Waals surface area contributed by atoms with E-state index in [1.165, 1.54) is 0 Å². The van der Waals surface area contributed by atoms with E-state index in [0.717, 1.165) is 24.7 Å². The Hall–Kier alpha value is -1.73. The first-order chi connectivity index (χ1) is 9.70. The number of rotatable bonds is 8. The molecule has 0 radical (unpaired) electrons. The second kappa shape index (κ2) is 7.16. The topological polar surface area (TPSA) is 69.8 Å². The Bertz CT molecular complexity index is 520. The van der Waals surface area contributed by atoms with Gasteiger partial charge in [0.25, 0.3) is 0 Å².